The number of Topliss-reactive ketones (excluding diaryl/α,β-unsaturated/α-hetero) is 1. The minimum atomic E-state index is -0.499. The monoisotopic (exact) mass is 256 g/mol. The van der Waals surface area contributed by atoms with E-state index in [1.807, 2.05) is 24.3 Å². The molecule has 0 amide bonds. The number of halogens is 1. The zero-order valence-electron chi connectivity index (χ0n) is 10.5. The van der Waals surface area contributed by atoms with E-state index in [9.17, 15) is 9.18 Å². The van der Waals surface area contributed by atoms with Crippen molar-refractivity contribution in [3.05, 3.63) is 65.0 Å². The number of methoxy groups -OCH3 is 1. The van der Waals surface area contributed by atoms with Gasteiger partial charge in [-0.3, -0.25) is 4.79 Å². The number of hydrogen-bond acceptors (Lipinski definition) is 2. The van der Waals surface area contributed by atoms with Gasteiger partial charge in [0.15, 0.2) is 17.3 Å². The highest BCUT2D eigenvalue weighted by Gasteiger charge is 2.32. The highest BCUT2D eigenvalue weighted by molar-refractivity contribution is 6.02. The maximum absolute atomic E-state index is 13.6. The van der Waals surface area contributed by atoms with Gasteiger partial charge in [0.2, 0.25) is 0 Å². The van der Waals surface area contributed by atoms with Crippen LogP contribution in [0.2, 0.25) is 0 Å². The van der Waals surface area contributed by atoms with Gasteiger partial charge in [-0.1, -0.05) is 24.3 Å². The lowest BCUT2D eigenvalue weighted by Crippen LogP contribution is -2.25. The molecule has 19 heavy (non-hydrogen) atoms. The fraction of sp³-hybridized carbons (Fsp3) is 0.188. The van der Waals surface area contributed by atoms with Crippen LogP contribution in [0.4, 0.5) is 4.39 Å². The minimum Gasteiger partial charge on any atom is -0.494 e. The fourth-order valence-electron chi connectivity index (χ4n) is 2.51. The lowest BCUT2D eigenvalue weighted by atomic mass is 9.74. The first kappa shape index (κ1) is 11.9. The molecular weight excluding hydrogens is 243 g/mol. The lowest BCUT2D eigenvalue weighted by Gasteiger charge is -2.28. The molecule has 2 aromatic rings. The van der Waals surface area contributed by atoms with Crippen LogP contribution in [0, 0.1) is 5.82 Å². The molecule has 0 fully saturated rings. The van der Waals surface area contributed by atoms with Crippen molar-refractivity contribution < 1.29 is 13.9 Å². The molecule has 0 saturated heterocycles. The third-order valence-electron chi connectivity index (χ3n) is 3.61. The number of ether oxygens (including phenoxy) is 1. The van der Waals surface area contributed by atoms with Crippen LogP contribution in [-0.2, 0) is 6.42 Å². The Kier molecular flexibility index (Phi) is 2.82. The summed E-state index contributed by atoms with van der Waals surface area (Å²) in [6.07, 6.45) is 0.739. The number of benzene rings is 2. The van der Waals surface area contributed by atoms with Crippen LogP contribution in [-0.4, -0.2) is 12.9 Å². The Morgan fingerprint density at radius 2 is 2.05 bits per heavy atom. The van der Waals surface area contributed by atoms with Crippen molar-refractivity contribution in [3.8, 4) is 5.75 Å². The van der Waals surface area contributed by atoms with E-state index in [4.69, 9.17) is 4.74 Å². The standard InChI is InChI=1S/C16H13FO2/c1-19-15-7-6-11(9-14(15)17)16(18)13-8-10-4-2-3-5-12(10)13/h2-7,9,13H,8H2,1H3. The molecule has 0 heterocycles. The molecule has 0 bridgehead atoms. The molecule has 1 aliphatic carbocycles. The summed E-state index contributed by atoms with van der Waals surface area (Å²) in [6.45, 7) is 0. The number of carbonyl (C=O) groups excluding carboxylic acids is 1. The van der Waals surface area contributed by atoms with Gasteiger partial charge < -0.3 is 4.74 Å². The van der Waals surface area contributed by atoms with Crippen LogP contribution in [0.5, 0.6) is 5.75 Å². The Bertz CT molecular complexity index is 649. The Balaban J connectivity index is 1.88. The fourth-order valence-corrected chi connectivity index (χ4v) is 2.51. The smallest absolute Gasteiger partial charge is 0.170 e. The Labute approximate surface area is 110 Å². The second-order valence-corrected chi connectivity index (χ2v) is 4.67. The Hall–Kier alpha value is -2.16. The largest absolute Gasteiger partial charge is 0.494 e. The molecule has 3 rings (SSSR count). The van der Waals surface area contributed by atoms with Crippen LogP contribution in [0.1, 0.15) is 27.4 Å². The summed E-state index contributed by atoms with van der Waals surface area (Å²) in [4.78, 5) is 12.3. The highest BCUT2D eigenvalue weighted by Crippen LogP contribution is 2.37. The Morgan fingerprint density at radius 3 is 2.74 bits per heavy atom. The van der Waals surface area contributed by atoms with Crippen LogP contribution in [0.15, 0.2) is 42.5 Å². The van der Waals surface area contributed by atoms with E-state index in [1.165, 1.54) is 24.8 Å². The summed E-state index contributed by atoms with van der Waals surface area (Å²) in [6, 6.07) is 12.2. The van der Waals surface area contributed by atoms with Gasteiger partial charge in [-0.2, -0.15) is 0 Å². The van der Waals surface area contributed by atoms with E-state index >= 15 is 0 Å². The summed E-state index contributed by atoms with van der Waals surface area (Å²) >= 11 is 0. The van der Waals surface area contributed by atoms with Crippen LogP contribution >= 0.6 is 0 Å². The van der Waals surface area contributed by atoms with Gasteiger partial charge in [0, 0.05) is 5.56 Å². The van der Waals surface area contributed by atoms with Gasteiger partial charge >= 0.3 is 0 Å². The molecule has 1 unspecified atom stereocenters. The van der Waals surface area contributed by atoms with Gasteiger partial charge in [-0.25, -0.2) is 4.39 Å². The predicted molar refractivity (Wildman–Crippen MR) is 70.2 cm³/mol. The van der Waals surface area contributed by atoms with Gasteiger partial charge in [0.05, 0.1) is 13.0 Å². The van der Waals surface area contributed by atoms with Crippen molar-refractivity contribution in [2.24, 2.45) is 0 Å². The second-order valence-electron chi connectivity index (χ2n) is 4.67. The van der Waals surface area contributed by atoms with E-state index in [-0.39, 0.29) is 17.5 Å². The van der Waals surface area contributed by atoms with Gasteiger partial charge in [0.25, 0.3) is 0 Å². The zero-order chi connectivity index (χ0) is 13.4. The number of rotatable bonds is 3. The molecule has 96 valence electrons. The first-order valence-electron chi connectivity index (χ1n) is 6.16. The van der Waals surface area contributed by atoms with Gasteiger partial charge in [0.1, 0.15) is 0 Å². The van der Waals surface area contributed by atoms with Crippen molar-refractivity contribution in [1.29, 1.82) is 0 Å². The summed E-state index contributed by atoms with van der Waals surface area (Å²) in [5, 5.41) is 0. The molecule has 1 atom stereocenters. The lowest BCUT2D eigenvalue weighted by molar-refractivity contribution is 0.0948. The van der Waals surface area contributed by atoms with Crippen molar-refractivity contribution >= 4 is 5.78 Å². The first-order chi connectivity index (χ1) is 9.20. The molecule has 2 aromatic carbocycles. The molecular formula is C16H13FO2. The average Bonchev–Trinajstić information content (AvgIpc) is 2.40. The number of carbonyl (C=O) groups is 1. The van der Waals surface area contributed by atoms with E-state index < -0.39 is 5.82 Å². The molecule has 2 nitrogen and oxygen atoms in total. The zero-order valence-corrected chi connectivity index (χ0v) is 10.5. The van der Waals surface area contributed by atoms with E-state index in [0.717, 1.165) is 12.0 Å². The number of ketones is 1. The number of fused-ring (bicyclic) bond motifs is 1. The summed E-state index contributed by atoms with van der Waals surface area (Å²) < 4.78 is 18.5. The van der Waals surface area contributed by atoms with Gasteiger partial charge in [-0.05, 0) is 35.7 Å². The van der Waals surface area contributed by atoms with E-state index in [2.05, 4.69) is 0 Å². The molecule has 1 aliphatic rings. The van der Waals surface area contributed by atoms with Crippen molar-refractivity contribution in [2.45, 2.75) is 12.3 Å². The van der Waals surface area contributed by atoms with Crippen LogP contribution < -0.4 is 4.74 Å². The molecule has 0 radical (unpaired) electrons. The Morgan fingerprint density at radius 1 is 1.26 bits per heavy atom. The summed E-state index contributed by atoms with van der Waals surface area (Å²) in [7, 11) is 1.40. The third kappa shape index (κ3) is 1.91. The third-order valence-corrected chi connectivity index (χ3v) is 3.61. The normalized spacial score (nSPS) is 16.4. The molecule has 0 aliphatic heterocycles. The van der Waals surface area contributed by atoms with Crippen molar-refractivity contribution in [3.63, 3.8) is 0 Å². The highest BCUT2D eigenvalue weighted by atomic mass is 19.1. The summed E-state index contributed by atoms with van der Waals surface area (Å²) in [5.74, 6) is -0.504. The number of hydrogen-bond donors (Lipinski definition) is 0. The van der Waals surface area contributed by atoms with Gasteiger partial charge in [-0.15, -0.1) is 0 Å². The average molecular weight is 256 g/mol. The SMILES string of the molecule is COc1ccc(C(=O)C2Cc3ccccc32)cc1F. The van der Waals surface area contributed by atoms with Crippen molar-refractivity contribution in [1.82, 2.24) is 0 Å². The van der Waals surface area contributed by atoms with Crippen LogP contribution in [0.25, 0.3) is 0 Å². The van der Waals surface area contributed by atoms with E-state index in [1.54, 1.807) is 6.07 Å². The minimum absolute atomic E-state index is 0.0275. The predicted octanol–water partition coefficient (Wildman–Crippen LogP) is 3.36. The van der Waals surface area contributed by atoms with Crippen molar-refractivity contribution in [2.75, 3.05) is 7.11 Å². The molecule has 0 spiro atoms. The maximum Gasteiger partial charge on any atom is 0.170 e. The van der Waals surface area contributed by atoms with Crippen LogP contribution in [0.3, 0.4) is 0 Å². The van der Waals surface area contributed by atoms with E-state index in [0.29, 0.717) is 5.56 Å². The molecule has 0 saturated carbocycles. The molecule has 0 N–H and O–H groups in total. The second kappa shape index (κ2) is 4.50. The quantitative estimate of drug-likeness (QED) is 0.787. The molecule has 3 heteroatoms. The summed E-state index contributed by atoms with van der Waals surface area (Å²) in [5.41, 5.74) is 2.66. The first-order valence-corrected chi connectivity index (χ1v) is 6.16. The maximum atomic E-state index is 13.6. The molecule has 0 aromatic heterocycles. The topological polar surface area (TPSA) is 26.3 Å².